The highest BCUT2D eigenvalue weighted by Crippen LogP contribution is 2.28. The Morgan fingerprint density at radius 1 is 1.38 bits per heavy atom. The maximum atomic E-state index is 11.2. The van der Waals surface area contributed by atoms with Gasteiger partial charge in [-0.1, -0.05) is 0 Å². The normalized spacial score (nSPS) is 15.2. The second-order valence-corrected chi connectivity index (χ2v) is 3.76. The Kier molecular flexibility index (Phi) is 2.76. The number of hydrogen-bond donors (Lipinski definition) is 3. The Labute approximate surface area is 92.4 Å². The summed E-state index contributed by atoms with van der Waals surface area (Å²) in [4.78, 5) is 11.2. The van der Waals surface area contributed by atoms with Crippen molar-refractivity contribution in [3.8, 4) is 11.5 Å². The highest BCUT2D eigenvalue weighted by atomic mass is 16.3. The molecule has 0 radical (unpaired) electrons. The average Bonchev–Trinajstić information content (AvgIpc) is 3.07. The molecule has 0 spiro atoms. The van der Waals surface area contributed by atoms with Crippen LogP contribution in [0.15, 0.2) is 23.3 Å². The summed E-state index contributed by atoms with van der Waals surface area (Å²) in [5.41, 5.74) is 3.02. The molecule has 5 nitrogen and oxygen atoms in total. The van der Waals surface area contributed by atoms with E-state index in [1.165, 1.54) is 18.3 Å². The quantitative estimate of drug-likeness (QED) is 0.403. The number of amides is 1. The Balaban J connectivity index is 1.94. The first-order valence-corrected chi connectivity index (χ1v) is 5.02. The van der Waals surface area contributed by atoms with E-state index in [1.807, 2.05) is 0 Å². The third-order valence-corrected chi connectivity index (χ3v) is 2.34. The number of benzene rings is 1. The lowest BCUT2D eigenvalue weighted by atomic mass is 10.2. The van der Waals surface area contributed by atoms with Crippen LogP contribution in [-0.4, -0.2) is 22.3 Å². The van der Waals surface area contributed by atoms with E-state index in [4.69, 9.17) is 5.11 Å². The molecule has 0 saturated heterocycles. The highest BCUT2D eigenvalue weighted by Gasteiger charge is 2.29. The van der Waals surface area contributed by atoms with E-state index in [9.17, 15) is 9.90 Å². The van der Waals surface area contributed by atoms with Crippen LogP contribution in [0.2, 0.25) is 0 Å². The minimum atomic E-state index is -0.211. The number of aromatic hydroxyl groups is 2. The number of nitrogens with one attached hydrogen (secondary N) is 1. The molecule has 0 atom stereocenters. The summed E-state index contributed by atoms with van der Waals surface area (Å²) in [6, 6.07) is 4.31. The predicted molar refractivity (Wildman–Crippen MR) is 58.2 cm³/mol. The summed E-state index contributed by atoms with van der Waals surface area (Å²) in [5, 5.41) is 22.0. The number of carbonyl (C=O) groups is 1. The van der Waals surface area contributed by atoms with Gasteiger partial charge in [-0.05, 0) is 36.6 Å². The number of hydrogen-bond acceptors (Lipinski definition) is 4. The molecule has 0 aliphatic heterocycles. The number of carbonyl (C=O) groups excluding carboxylic acids is 1. The van der Waals surface area contributed by atoms with E-state index < -0.39 is 0 Å². The third-order valence-electron chi connectivity index (χ3n) is 2.34. The van der Waals surface area contributed by atoms with Crippen molar-refractivity contribution >= 4 is 12.1 Å². The smallest absolute Gasteiger partial charge is 0.243 e. The first-order valence-electron chi connectivity index (χ1n) is 5.02. The van der Waals surface area contributed by atoms with Crippen molar-refractivity contribution in [1.82, 2.24) is 5.43 Å². The number of hydrazone groups is 1. The van der Waals surface area contributed by atoms with Gasteiger partial charge in [0.1, 0.15) is 0 Å². The summed E-state index contributed by atoms with van der Waals surface area (Å²) in [5.74, 6) is -0.346. The van der Waals surface area contributed by atoms with Gasteiger partial charge in [0.2, 0.25) is 5.91 Å². The van der Waals surface area contributed by atoms with Crippen LogP contribution >= 0.6 is 0 Å². The number of rotatable bonds is 3. The molecule has 1 aromatic rings. The van der Waals surface area contributed by atoms with Crippen molar-refractivity contribution in [2.75, 3.05) is 0 Å². The second kappa shape index (κ2) is 4.22. The maximum Gasteiger partial charge on any atom is 0.243 e. The Bertz CT molecular complexity index is 439. The van der Waals surface area contributed by atoms with Crippen molar-refractivity contribution in [3.05, 3.63) is 23.8 Å². The zero-order valence-corrected chi connectivity index (χ0v) is 8.55. The largest absolute Gasteiger partial charge is 0.504 e. The van der Waals surface area contributed by atoms with E-state index in [1.54, 1.807) is 6.07 Å². The summed E-state index contributed by atoms with van der Waals surface area (Å²) < 4.78 is 0. The zero-order chi connectivity index (χ0) is 11.5. The van der Waals surface area contributed by atoms with Crippen LogP contribution in [0.3, 0.4) is 0 Å². The second-order valence-electron chi connectivity index (χ2n) is 3.76. The fourth-order valence-corrected chi connectivity index (χ4v) is 1.23. The number of phenols is 2. The number of phenolic OH excluding ortho intramolecular Hbond substituents is 2. The van der Waals surface area contributed by atoms with E-state index in [0.29, 0.717) is 5.56 Å². The molecular formula is C11H12N2O3. The molecule has 84 valence electrons. The van der Waals surface area contributed by atoms with Gasteiger partial charge in [0.15, 0.2) is 11.5 Å². The van der Waals surface area contributed by atoms with Gasteiger partial charge < -0.3 is 10.2 Å². The topological polar surface area (TPSA) is 81.9 Å². The Hall–Kier alpha value is -2.04. The summed E-state index contributed by atoms with van der Waals surface area (Å²) >= 11 is 0. The maximum absolute atomic E-state index is 11.2. The average molecular weight is 220 g/mol. The summed E-state index contributed by atoms with van der Waals surface area (Å²) in [6.07, 6.45) is 3.28. The van der Waals surface area contributed by atoms with Crippen molar-refractivity contribution in [1.29, 1.82) is 0 Å². The fourth-order valence-electron chi connectivity index (χ4n) is 1.23. The van der Waals surface area contributed by atoms with E-state index >= 15 is 0 Å². The Morgan fingerprint density at radius 3 is 2.75 bits per heavy atom. The standard InChI is InChI=1S/C11H12N2O3/c14-9-4-1-7(5-10(9)15)6-12-13-11(16)8-2-3-8/h1,4-6,8,14-15H,2-3H2,(H,13,16)/b12-6-. The van der Waals surface area contributed by atoms with Crippen molar-refractivity contribution in [2.45, 2.75) is 12.8 Å². The molecule has 1 aliphatic carbocycles. The van der Waals surface area contributed by atoms with Gasteiger partial charge in [-0.3, -0.25) is 4.79 Å². The van der Waals surface area contributed by atoms with E-state index in [2.05, 4.69) is 10.5 Å². The first kappa shape index (κ1) is 10.5. The molecule has 1 aromatic carbocycles. The molecule has 0 aromatic heterocycles. The van der Waals surface area contributed by atoms with Crippen LogP contribution in [-0.2, 0) is 4.79 Å². The molecular weight excluding hydrogens is 208 g/mol. The van der Waals surface area contributed by atoms with Crippen LogP contribution in [0.1, 0.15) is 18.4 Å². The lowest BCUT2D eigenvalue weighted by molar-refractivity contribution is -0.122. The molecule has 1 amide bonds. The molecule has 5 heteroatoms. The van der Waals surface area contributed by atoms with Crippen molar-refractivity contribution in [2.24, 2.45) is 11.0 Å². The number of nitrogens with zero attached hydrogens (tertiary/aromatic N) is 1. The lowest BCUT2D eigenvalue weighted by Crippen LogP contribution is -2.18. The monoisotopic (exact) mass is 220 g/mol. The molecule has 16 heavy (non-hydrogen) atoms. The SMILES string of the molecule is O=C(N/N=C\c1ccc(O)c(O)c1)C1CC1. The van der Waals surface area contributed by atoms with Gasteiger partial charge in [-0.25, -0.2) is 5.43 Å². The van der Waals surface area contributed by atoms with Gasteiger partial charge in [0.25, 0.3) is 0 Å². The molecule has 1 aliphatic rings. The molecule has 2 rings (SSSR count). The van der Waals surface area contributed by atoms with Crippen molar-refractivity contribution < 1.29 is 15.0 Å². The minimum absolute atomic E-state index is 0.0701. The van der Waals surface area contributed by atoms with Crippen LogP contribution in [0.25, 0.3) is 0 Å². The van der Waals surface area contributed by atoms with Gasteiger partial charge in [0.05, 0.1) is 6.21 Å². The van der Waals surface area contributed by atoms with Crippen LogP contribution in [0, 0.1) is 5.92 Å². The van der Waals surface area contributed by atoms with Gasteiger partial charge in [-0.15, -0.1) is 0 Å². The van der Waals surface area contributed by atoms with Gasteiger partial charge >= 0.3 is 0 Å². The van der Waals surface area contributed by atoms with Crippen LogP contribution in [0.5, 0.6) is 11.5 Å². The van der Waals surface area contributed by atoms with Crippen LogP contribution in [0.4, 0.5) is 0 Å². The molecule has 0 unspecified atom stereocenters. The predicted octanol–water partition coefficient (Wildman–Crippen LogP) is 0.958. The molecule has 0 heterocycles. The van der Waals surface area contributed by atoms with Gasteiger partial charge in [-0.2, -0.15) is 5.10 Å². The summed E-state index contributed by atoms with van der Waals surface area (Å²) in [7, 11) is 0. The third kappa shape index (κ3) is 2.50. The van der Waals surface area contributed by atoms with E-state index in [-0.39, 0.29) is 23.3 Å². The minimum Gasteiger partial charge on any atom is -0.504 e. The fraction of sp³-hybridized carbons (Fsp3) is 0.273. The first-order chi connectivity index (χ1) is 7.66. The highest BCUT2D eigenvalue weighted by molar-refractivity contribution is 5.84. The van der Waals surface area contributed by atoms with Crippen molar-refractivity contribution in [3.63, 3.8) is 0 Å². The molecule has 0 bridgehead atoms. The zero-order valence-electron chi connectivity index (χ0n) is 8.55. The summed E-state index contributed by atoms with van der Waals surface area (Å²) in [6.45, 7) is 0. The molecule has 1 fully saturated rings. The van der Waals surface area contributed by atoms with E-state index in [0.717, 1.165) is 12.8 Å². The molecule has 3 N–H and O–H groups in total. The lowest BCUT2D eigenvalue weighted by Gasteiger charge is -1.98. The molecule has 1 saturated carbocycles. The van der Waals surface area contributed by atoms with Crippen LogP contribution < -0.4 is 5.43 Å². The van der Waals surface area contributed by atoms with Gasteiger partial charge in [0, 0.05) is 5.92 Å². The Morgan fingerprint density at radius 2 is 2.12 bits per heavy atom.